The lowest BCUT2D eigenvalue weighted by Gasteiger charge is -2.11. The van der Waals surface area contributed by atoms with Crippen molar-refractivity contribution >= 4 is 5.71 Å². The summed E-state index contributed by atoms with van der Waals surface area (Å²) in [5, 5.41) is 26.6. The van der Waals surface area contributed by atoms with Gasteiger partial charge in [-0.3, -0.25) is 0 Å². The molecule has 8 heteroatoms. The molecule has 2 aromatic carbocycles. The van der Waals surface area contributed by atoms with Gasteiger partial charge in [-0.05, 0) is 50.5 Å². The Morgan fingerprint density at radius 2 is 2.06 bits per heavy atom. The summed E-state index contributed by atoms with van der Waals surface area (Å²) in [5.41, 5.74) is 4.85. The molecule has 8 nitrogen and oxygen atoms in total. The minimum atomic E-state index is -0.0760. The number of nitrogens with zero attached hydrogens (tertiary/aromatic N) is 4. The first-order chi connectivity index (χ1) is 15.1. The Balaban J connectivity index is 1.64. The first-order valence-electron chi connectivity index (χ1n) is 10.1. The van der Waals surface area contributed by atoms with E-state index in [0.29, 0.717) is 28.6 Å². The molecule has 0 fully saturated rings. The van der Waals surface area contributed by atoms with E-state index in [4.69, 9.17) is 19.2 Å². The van der Waals surface area contributed by atoms with Crippen LogP contribution < -0.4 is 4.74 Å². The van der Waals surface area contributed by atoms with Crippen LogP contribution in [0, 0.1) is 11.3 Å². The molecule has 0 radical (unpaired) electrons. The number of oxime groups is 1. The fourth-order valence-corrected chi connectivity index (χ4v) is 3.53. The van der Waals surface area contributed by atoms with Gasteiger partial charge in [0.25, 0.3) is 5.89 Å². The molecular formula is C23H22N4O4. The highest BCUT2D eigenvalue weighted by atomic mass is 16.6. The van der Waals surface area contributed by atoms with Crippen molar-refractivity contribution in [2.75, 3.05) is 13.2 Å². The second-order valence-corrected chi connectivity index (χ2v) is 7.34. The Labute approximate surface area is 179 Å². The molecule has 1 N–H and O–H groups in total. The maximum absolute atomic E-state index is 9.46. The van der Waals surface area contributed by atoms with Crippen molar-refractivity contribution in [1.82, 2.24) is 10.1 Å². The summed E-state index contributed by atoms with van der Waals surface area (Å²) in [6, 6.07) is 13.2. The second-order valence-electron chi connectivity index (χ2n) is 7.34. The topological polar surface area (TPSA) is 114 Å². The lowest BCUT2D eigenvalue weighted by Crippen LogP contribution is -2.06. The molecule has 0 bridgehead atoms. The molecule has 0 atom stereocenters. The standard InChI is InChI=1S/C23H22N4O4/c1-14(2)30-21-9-6-15(12-16(21)13-24)23-25-22(27-31-23)19-5-3-4-18-17(19)7-8-20(18)26-29-11-10-28/h3-6,9,12,14,28H,7-8,10-11H2,1-2H3. The second kappa shape index (κ2) is 8.98. The van der Waals surface area contributed by atoms with Crippen LogP contribution in [0.5, 0.6) is 5.75 Å². The van der Waals surface area contributed by atoms with E-state index in [0.717, 1.165) is 35.2 Å². The first kappa shape index (κ1) is 20.6. The summed E-state index contributed by atoms with van der Waals surface area (Å²) >= 11 is 0. The normalized spacial score (nSPS) is 14.0. The van der Waals surface area contributed by atoms with Crippen molar-refractivity contribution in [2.45, 2.75) is 32.8 Å². The monoisotopic (exact) mass is 418 g/mol. The number of nitriles is 1. The molecule has 0 spiro atoms. The number of aliphatic hydroxyl groups excluding tert-OH is 1. The minimum Gasteiger partial charge on any atom is -0.490 e. The Morgan fingerprint density at radius 3 is 2.84 bits per heavy atom. The maximum Gasteiger partial charge on any atom is 0.258 e. The van der Waals surface area contributed by atoms with E-state index in [-0.39, 0.29) is 19.3 Å². The number of rotatable bonds is 7. The third kappa shape index (κ3) is 4.27. The summed E-state index contributed by atoms with van der Waals surface area (Å²) in [6.07, 6.45) is 1.50. The number of hydrogen-bond donors (Lipinski definition) is 1. The highest BCUT2D eigenvalue weighted by Gasteiger charge is 2.24. The average Bonchev–Trinajstić information content (AvgIpc) is 3.41. The number of aromatic nitrogens is 2. The molecule has 3 aromatic rings. The number of fused-ring (bicyclic) bond motifs is 1. The van der Waals surface area contributed by atoms with Crippen molar-refractivity contribution in [1.29, 1.82) is 5.26 Å². The van der Waals surface area contributed by atoms with E-state index in [1.54, 1.807) is 18.2 Å². The van der Waals surface area contributed by atoms with Crippen molar-refractivity contribution < 1.29 is 19.2 Å². The molecule has 1 heterocycles. The molecule has 4 rings (SSSR count). The summed E-state index contributed by atoms with van der Waals surface area (Å²) in [5.74, 6) is 1.33. The smallest absolute Gasteiger partial charge is 0.258 e. The van der Waals surface area contributed by atoms with Crippen LogP contribution in [0.4, 0.5) is 0 Å². The molecule has 31 heavy (non-hydrogen) atoms. The van der Waals surface area contributed by atoms with Crippen molar-refractivity contribution in [3.63, 3.8) is 0 Å². The third-order valence-corrected chi connectivity index (χ3v) is 4.83. The van der Waals surface area contributed by atoms with E-state index in [2.05, 4.69) is 21.4 Å². The molecule has 1 aliphatic carbocycles. The van der Waals surface area contributed by atoms with Gasteiger partial charge < -0.3 is 19.2 Å². The predicted molar refractivity (Wildman–Crippen MR) is 114 cm³/mol. The maximum atomic E-state index is 9.46. The lowest BCUT2D eigenvalue weighted by atomic mass is 10.0. The molecule has 158 valence electrons. The van der Waals surface area contributed by atoms with Crippen molar-refractivity contribution in [3.05, 3.63) is 53.1 Å². The van der Waals surface area contributed by atoms with Crippen LogP contribution in [-0.4, -0.2) is 40.3 Å². The van der Waals surface area contributed by atoms with Gasteiger partial charge in [-0.2, -0.15) is 10.2 Å². The third-order valence-electron chi connectivity index (χ3n) is 4.83. The largest absolute Gasteiger partial charge is 0.490 e. The SMILES string of the molecule is CC(C)Oc1ccc(-c2nc(-c3cccc4c3CCC4=NOCCO)no2)cc1C#N. The first-order valence-corrected chi connectivity index (χ1v) is 10.1. The van der Waals surface area contributed by atoms with E-state index in [9.17, 15) is 5.26 Å². The van der Waals surface area contributed by atoms with Crippen LogP contribution in [0.3, 0.4) is 0 Å². The van der Waals surface area contributed by atoms with Gasteiger partial charge in [0.1, 0.15) is 18.4 Å². The Kier molecular flexibility index (Phi) is 5.96. The molecular weight excluding hydrogens is 396 g/mol. The van der Waals surface area contributed by atoms with Gasteiger partial charge in [0.05, 0.1) is 24.0 Å². The van der Waals surface area contributed by atoms with Crippen molar-refractivity contribution in [2.24, 2.45) is 5.16 Å². The van der Waals surface area contributed by atoms with Gasteiger partial charge in [0, 0.05) is 16.7 Å². The molecule has 0 unspecified atom stereocenters. The molecule has 1 aromatic heterocycles. The van der Waals surface area contributed by atoms with Gasteiger partial charge in [0.15, 0.2) is 0 Å². The zero-order chi connectivity index (χ0) is 21.8. The summed E-state index contributed by atoms with van der Waals surface area (Å²) < 4.78 is 11.2. The van der Waals surface area contributed by atoms with Gasteiger partial charge in [-0.25, -0.2) is 0 Å². The van der Waals surface area contributed by atoms with E-state index >= 15 is 0 Å². The number of hydrogen-bond acceptors (Lipinski definition) is 8. The molecule has 0 saturated carbocycles. The summed E-state index contributed by atoms with van der Waals surface area (Å²) in [6.45, 7) is 3.91. The van der Waals surface area contributed by atoms with E-state index < -0.39 is 0 Å². The Bertz CT molecular complexity index is 1160. The van der Waals surface area contributed by atoms with Gasteiger partial charge >= 0.3 is 0 Å². The van der Waals surface area contributed by atoms with E-state index in [1.165, 1.54) is 0 Å². The van der Waals surface area contributed by atoms with Crippen LogP contribution in [0.25, 0.3) is 22.8 Å². The van der Waals surface area contributed by atoms with Crippen LogP contribution in [0.2, 0.25) is 0 Å². The zero-order valence-electron chi connectivity index (χ0n) is 17.3. The highest BCUT2D eigenvalue weighted by Crippen LogP contribution is 2.33. The van der Waals surface area contributed by atoms with Gasteiger partial charge in [0.2, 0.25) is 5.82 Å². The Hall–Kier alpha value is -3.70. The number of ether oxygens (including phenoxy) is 1. The predicted octanol–water partition coefficient (Wildman–Crippen LogP) is 3.72. The van der Waals surface area contributed by atoms with Gasteiger partial charge in [-0.15, -0.1) is 0 Å². The summed E-state index contributed by atoms with van der Waals surface area (Å²) in [4.78, 5) is 9.70. The van der Waals surface area contributed by atoms with Gasteiger partial charge in [-0.1, -0.05) is 28.5 Å². The molecule has 0 amide bonds. The van der Waals surface area contributed by atoms with Crippen LogP contribution >= 0.6 is 0 Å². The van der Waals surface area contributed by atoms with Crippen LogP contribution in [0.1, 0.15) is 37.0 Å². The minimum absolute atomic E-state index is 0.0318. The lowest BCUT2D eigenvalue weighted by molar-refractivity contribution is 0.0984. The van der Waals surface area contributed by atoms with Crippen LogP contribution in [0.15, 0.2) is 46.1 Å². The summed E-state index contributed by atoms with van der Waals surface area (Å²) in [7, 11) is 0. The average molecular weight is 418 g/mol. The Morgan fingerprint density at radius 1 is 1.23 bits per heavy atom. The molecule has 1 aliphatic rings. The highest BCUT2D eigenvalue weighted by molar-refractivity contribution is 6.05. The fraction of sp³-hybridized carbons (Fsp3) is 0.304. The quantitative estimate of drug-likeness (QED) is 0.459. The number of aliphatic hydroxyl groups is 1. The van der Waals surface area contributed by atoms with Crippen molar-refractivity contribution in [3.8, 4) is 34.7 Å². The van der Waals surface area contributed by atoms with Crippen LogP contribution in [-0.2, 0) is 11.3 Å². The zero-order valence-corrected chi connectivity index (χ0v) is 17.3. The molecule has 0 saturated heterocycles. The fourth-order valence-electron chi connectivity index (χ4n) is 3.53. The van der Waals surface area contributed by atoms with E-state index in [1.807, 2.05) is 32.0 Å². The molecule has 0 aliphatic heterocycles. The number of benzene rings is 2.